The molecule has 2 N–H and O–H groups in total. The molecule has 0 aliphatic heterocycles. The SMILES string of the molecule is CNCCc1ccc(S(=O)(=O)NCCOC(C)C)s1. The molecule has 1 aromatic heterocycles. The van der Waals surface area contributed by atoms with E-state index in [1.54, 1.807) is 6.07 Å². The third-order valence-corrected chi connectivity index (χ3v) is 5.47. The highest BCUT2D eigenvalue weighted by Gasteiger charge is 2.16. The number of likely N-dealkylation sites (N-methyl/N-ethyl adjacent to an activating group) is 1. The summed E-state index contributed by atoms with van der Waals surface area (Å²) in [6.45, 7) is 5.36. The Morgan fingerprint density at radius 2 is 2.05 bits per heavy atom. The van der Waals surface area contributed by atoms with Crippen molar-refractivity contribution in [2.24, 2.45) is 0 Å². The first-order chi connectivity index (χ1) is 8.95. The van der Waals surface area contributed by atoms with Gasteiger partial charge in [-0.25, -0.2) is 13.1 Å². The van der Waals surface area contributed by atoms with Crippen LogP contribution in [0, 0.1) is 0 Å². The minimum Gasteiger partial charge on any atom is -0.377 e. The quantitative estimate of drug-likeness (QED) is 0.673. The first kappa shape index (κ1) is 16.6. The summed E-state index contributed by atoms with van der Waals surface area (Å²) in [5, 5.41) is 3.04. The lowest BCUT2D eigenvalue weighted by Crippen LogP contribution is -2.27. The van der Waals surface area contributed by atoms with E-state index in [4.69, 9.17) is 4.74 Å². The fraction of sp³-hybridized carbons (Fsp3) is 0.667. The van der Waals surface area contributed by atoms with Crippen LogP contribution < -0.4 is 10.0 Å². The third kappa shape index (κ3) is 6.01. The predicted octanol–water partition coefficient (Wildman–Crippen LogP) is 1.21. The smallest absolute Gasteiger partial charge is 0.250 e. The van der Waals surface area contributed by atoms with Crippen LogP contribution in [0.4, 0.5) is 0 Å². The van der Waals surface area contributed by atoms with Gasteiger partial charge in [0.15, 0.2) is 0 Å². The van der Waals surface area contributed by atoms with Gasteiger partial charge >= 0.3 is 0 Å². The van der Waals surface area contributed by atoms with Gasteiger partial charge in [-0.15, -0.1) is 11.3 Å². The molecule has 1 rings (SSSR count). The van der Waals surface area contributed by atoms with Gasteiger partial charge in [-0.2, -0.15) is 0 Å². The van der Waals surface area contributed by atoms with E-state index in [-0.39, 0.29) is 6.10 Å². The van der Waals surface area contributed by atoms with Crippen molar-refractivity contribution in [1.29, 1.82) is 0 Å². The van der Waals surface area contributed by atoms with Crippen LogP contribution in [-0.2, 0) is 21.2 Å². The molecule has 0 spiro atoms. The van der Waals surface area contributed by atoms with E-state index in [2.05, 4.69) is 10.0 Å². The zero-order chi connectivity index (χ0) is 14.3. The molecule has 0 unspecified atom stereocenters. The molecule has 19 heavy (non-hydrogen) atoms. The standard InChI is InChI=1S/C12H22N2O3S2/c1-10(2)17-9-8-14-19(15,16)12-5-4-11(18-12)6-7-13-3/h4-5,10,13-14H,6-9H2,1-3H3. The summed E-state index contributed by atoms with van der Waals surface area (Å²) in [4.78, 5) is 1.06. The first-order valence-corrected chi connectivity index (χ1v) is 8.60. The molecule has 0 amide bonds. The van der Waals surface area contributed by atoms with Crippen LogP contribution >= 0.6 is 11.3 Å². The molecule has 1 heterocycles. The van der Waals surface area contributed by atoms with Crippen LogP contribution in [0.2, 0.25) is 0 Å². The van der Waals surface area contributed by atoms with Crippen molar-refractivity contribution >= 4 is 21.4 Å². The van der Waals surface area contributed by atoms with Gasteiger partial charge in [-0.3, -0.25) is 0 Å². The number of thiophene rings is 1. The van der Waals surface area contributed by atoms with Crippen LogP contribution in [0.1, 0.15) is 18.7 Å². The fourth-order valence-electron chi connectivity index (χ4n) is 1.43. The van der Waals surface area contributed by atoms with Crippen LogP contribution in [-0.4, -0.2) is 41.3 Å². The summed E-state index contributed by atoms with van der Waals surface area (Å²) in [5.41, 5.74) is 0. The number of ether oxygens (including phenoxy) is 1. The van der Waals surface area contributed by atoms with Crippen LogP contribution in [0.5, 0.6) is 0 Å². The Balaban J connectivity index is 2.50. The van der Waals surface area contributed by atoms with E-state index in [1.807, 2.05) is 27.0 Å². The van der Waals surface area contributed by atoms with E-state index in [0.717, 1.165) is 17.8 Å². The van der Waals surface area contributed by atoms with E-state index < -0.39 is 10.0 Å². The van der Waals surface area contributed by atoms with Crippen molar-refractivity contribution in [3.05, 3.63) is 17.0 Å². The number of nitrogens with one attached hydrogen (secondary N) is 2. The van der Waals surface area contributed by atoms with Crippen LogP contribution in [0.25, 0.3) is 0 Å². The number of hydrogen-bond donors (Lipinski definition) is 2. The topological polar surface area (TPSA) is 67.4 Å². The van der Waals surface area contributed by atoms with Crippen molar-refractivity contribution in [1.82, 2.24) is 10.0 Å². The molecule has 0 saturated carbocycles. The average Bonchev–Trinajstić information content (AvgIpc) is 2.81. The van der Waals surface area contributed by atoms with E-state index in [0.29, 0.717) is 17.4 Å². The molecule has 0 aromatic carbocycles. The van der Waals surface area contributed by atoms with E-state index in [1.165, 1.54) is 11.3 Å². The molecule has 0 saturated heterocycles. The predicted molar refractivity (Wildman–Crippen MR) is 78.2 cm³/mol. The van der Waals surface area contributed by atoms with Crippen molar-refractivity contribution in [2.45, 2.75) is 30.6 Å². The molecule has 1 aromatic rings. The monoisotopic (exact) mass is 306 g/mol. The Kier molecular flexibility index (Phi) is 6.95. The first-order valence-electron chi connectivity index (χ1n) is 6.30. The average molecular weight is 306 g/mol. The highest BCUT2D eigenvalue weighted by Crippen LogP contribution is 2.21. The van der Waals surface area contributed by atoms with Crippen LogP contribution in [0.15, 0.2) is 16.3 Å². The molecule has 0 radical (unpaired) electrons. The van der Waals surface area contributed by atoms with E-state index in [9.17, 15) is 8.42 Å². The molecule has 110 valence electrons. The van der Waals surface area contributed by atoms with Gasteiger partial charge in [0.2, 0.25) is 10.0 Å². The summed E-state index contributed by atoms with van der Waals surface area (Å²) in [7, 11) is -1.52. The van der Waals surface area contributed by atoms with Gasteiger partial charge in [-0.05, 0) is 46.0 Å². The van der Waals surface area contributed by atoms with Crippen molar-refractivity contribution in [3.63, 3.8) is 0 Å². The lowest BCUT2D eigenvalue weighted by Gasteiger charge is -2.08. The normalized spacial score (nSPS) is 12.2. The second-order valence-electron chi connectivity index (χ2n) is 4.39. The molecular formula is C12H22N2O3S2. The molecular weight excluding hydrogens is 284 g/mol. The maximum absolute atomic E-state index is 12.0. The highest BCUT2D eigenvalue weighted by atomic mass is 32.2. The van der Waals surface area contributed by atoms with Crippen molar-refractivity contribution in [3.8, 4) is 0 Å². The van der Waals surface area contributed by atoms with Gasteiger partial charge in [0.25, 0.3) is 0 Å². The summed E-state index contributed by atoms with van der Waals surface area (Å²) in [6.07, 6.45) is 0.951. The summed E-state index contributed by atoms with van der Waals surface area (Å²) >= 11 is 1.31. The van der Waals surface area contributed by atoms with Gasteiger partial charge in [0, 0.05) is 11.4 Å². The fourth-order valence-corrected chi connectivity index (χ4v) is 3.84. The zero-order valence-corrected chi connectivity index (χ0v) is 13.2. The number of rotatable bonds is 9. The number of sulfonamides is 1. The maximum atomic E-state index is 12.0. The lowest BCUT2D eigenvalue weighted by atomic mass is 10.3. The molecule has 0 bridgehead atoms. The molecule has 5 nitrogen and oxygen atoms in total. The lowest BCUT2D eigenvalue weighted by molar-refractivity contribution is 0.0834. The Hall–Kier alpha value is -0.470. The highest BCUT2D eigenvalue weighted by molar-refractivity contribution is 7.91. The Morgan fingerprint density at radius 3 is 2.68 bits per heavy atom. The van der Waals surface area contributed by atoms with Gasteiger partial charge < -0.3 is 10.1 Å². The van der Waals surface area contributed by atoms with Crippen LogP contribution in [0.3, 0.4) is 0 Å². The molecule has 0 aliphatic rings. The van der Waals surface area contributed by atoms with Gasteiger partial charge in [0.1, 0.15) is 4.21 Å². The zero-order valence-electron chi connectivity index (χ0n) is 11.6. The molecule has 0 fully saturated rings. The largest absolute Gasteiger partial charge is 0.377 e. The van der Waals surface area contributed by atoms with Crippen molar-refractivity contribution in [2.75, 3.05) is 26.7 Å². The maximum Gasteiger partial charge on any atom is 0.250 e. The molecule has 0 aliphatic carbocycles. The summed E-state index contributed by atoms with van der Waals surface area (Å²) in [6, 6.07) is 3.52. The number of hydrogen-bond acceptors (Lipinski definition) is 5. The minimum atomic E-state index is -3.39. The van der Waals surface area contributed by atoms with Gasteiger partial charge in [-0.1, -0.05) is 0 Å². The second-order valence-corrected chi connectivity index (χ2v) is 7.55. The Bertz CT molecular complexity index is 469. The third-order valence-electron chi connectivity index (χ3n) is 2.37. The minimum absolute atomic E-state index is 0.111. The summed E-state index contributed by atoms with van der Waals surface area (Å²) < 4.78 is 32.2. The Labute approximate surface area is 119 Å². The molecule has 0 atom stereocenters. The second kappa shape index (κ2) is 7.96. The molecule has 7 heteroatoms. The van der Waals surface area contributed by atoms with Crippen molar-refractivity contribution < 1.29 is 13.2 Å². The van der Waals surface area contributed by atoms with Gasteiger partial charge in [0.05, 0.1) is 12.7 Å². The Morgan fingerprint density at radius 1 is 1.32 bits per heavy atom. The summed E-state index contributed by atoms with van der Waals surface area (Å²) in [5.74, 6) is 0. The van der Waals surface area contributed by atoms with E-state index >= 15 is 0 Å².